The average molecular weight is 581 g/mol. The zero-order valence-electron chi connectivity index (χ0n) is 23.9. The number of anilines is 1. The van der Waals surface area contributed by atoms with Crippen molar-refractivity contribution in [3.05, 3.63) is 58.6 Å². The molecular formula is C32H41ClN4O4. The van der Waals surface area contributed by atoms with Gasteiger partial charge < -0.3 is 25.2 Å². The number of likely N-dealkylation sites (tertiary alicyclic amines) is 1. The lowest BCUT2D eigenvalue weighted by Crippen LogP contribution is -2.52. The average Bonchev–Trinajstić information content (AvgIpc) is 3.00. The van der Waals surface area contributed by atoms with Crippen LogP contribution >= 0.6 is 11.6 Å². The van der Waals surface area contributed by atoms with E-state index in [0.717, 1.165) is 44.5 Å². The Labute approximate surface area is 247 Å². The number of para-hydroxylation sites is 1. The number of halogens is 1. The molecule has 41 heavy (non-hydrogen) atoms. The Kier molecular flexibility index (Phi) is 9.38. The molecule has 220 valence electrons. The predicted octanol–water partition coefficient (Wildman–Crippen LogP) is 5.05. The molecule has 2 fully saturated rings. The summed E-state index contributed by atoms with van der Waals surface area (Å²) in [5, 5.41) is 6.62. The van der Waals surface area contributed by atoms with Gasteiger partial charge in [-0.25, -0.2) is 0 Å². The second-order valence-corrected chi connectivity index (χ2v) is 12.1. The molecule has 3 amide bonds. The molecule has 3 aliphatic heterocycles. The summed E-state index contributed by atoms with van der Waals surface area (Å²) in [6.45, 7) is 5.67. The smallest absolute Gasteiger partial charge is 0.255 e. The van der Waals surface area contributed by atoms with Crippen molar-refractivity contribution in [2.75, 3.05) is 44.2 Å². The molecule has 9 heteroatoms. The van der Waals surface area contributed by atoms with Gasteiger partial charge in [-0.15, -0.1) is 0 Å². The molecule has 5 rings (SSSR count). The van der Waals surface area contributed by atoms with E-state index in [1.165, 1.54) is 6.42 Å². The molecular weight excluding hydrogens is 540 g/mol. The van der Waals surface area contributed by atoms with Crippen molar-refractivity contribution in [1.29, 1.82) is 0 Å². The van der Waals surface area contributed by atoms with Gasteiger partial charge in [0.15, 0.2) is 0 Å². The number of carbonyl (C=O) groups is 3. The van der Waals surface area contributed by atoms with Crippen LogP contribution in [0.1, 0.15) is 79.0 Å². The third kappa shape index (κ3) is 6.80. The van der Waals surface area contributed by atoms with E-state index in [4.69, 9.17) is 16.3 Å². The van der Waals surface area contributed by atoms with Gasteiger partial charge in [0.2, 0.25) is 5.91 Å². The normalized spacial score (nSPS) is 22.1. The molecule has 0 bridgehead atoms. The van der Waals surface area contributed by atoms with Crippen LogP contribution < -0.4 is 20.3 Å². The molecule has 3 heterocycles. The van der Waals surface area contributed by atoms with Gasteiger partial charge in [-0.1, -0.05) is 30.2 Å². The number of benzene rings is 2. The van der Waals surface area contributed by atoms with Gasteiger partial charge in [-0.2, -0.15) is 0 Å². The summed E-state index contributed by atoms with van der Waals surface area (Å²) in [7, 11) is 0. The molecule has 8 nitrogen and oxygen atoms in total. The van der Waals surface area contributed by atoms with Crippen molar-refractivity contribution < 1.29 is 19.1 Å². The first-order valence-corrected chi connectivity index (χ1v) is 15.4. The van der Waals surface area contributed by atoms with Crippen LogP contribution in [0.2, 0.25) is 5.02 Å². The van der Waals surface area contributed by atoms with Crippen LogP contribution in [-0.2, 0) is 4.79 Å². The van der Waals surface area contributed by atoms with Gasteiger partial charge in [-0.3, -0.25) is 14.4 Å². The Morgan fingerprint density at radius 1 is 0.951 bits per heavy atom. The van der Waals surface area contributed by atoms with Crippen molar-refractivity contribution >= 4 is 35.0 Å². The monoisotopic (exact) mass is 580 g/mol. The van der Waals surface area contributed by atoms with Gasteiger partial charge in [0.05, 0.1) is 27.6 Å². The number of hydrogen-bond acceptors (Lipinski definition) is 5. The Hall–Kier alpha value is -3.26. The van der Waals surface area contributed by atoms with E-state index in [-0.39, 0.29) is 30.4 Å². The molecule has 3 aliphatic rings. The van der Waals surface area contributed by atoms with Crippen LogP contribution in [0, 0.1) is 5.41 Å². The predicted molar refractivity (Wildman–Crippen MR) is 161 cm³/mol. The largest absolute Gasteiger partial charge is 0.491 e. The summed E-state index contributed by atoms with van der Waals surface area (Å²) in [6.07, 6.45) is 6.99. The van der Waals surface area contributed by atoms with Crippen molar-refractivity contribution in [2.24, 2.45) is 5.41 Å². The maximum absolute atomic E-state index is 13.7. The molecule has 1 atom stereocenters. The highest BCUT2D eigenvalue weighted by Gasteiger charge is 2.42. The fraction of sp³-hybridized carbons (Fsp3) is 0.531. The molecule has 2 saturated heterocycles. The first kappa shape index (κ1) is 29.2. The molecule has 2 N–H and O–H groups in total. The SMILES string of the molecule is C[C@@H]1COc2ccccc2C(=O)NCCCCC2(CCN(C(=O)c3cc(N4CCCCC4)ccc3Cl)CC2)C(=O)N1. The van der Waals surface area contributed by atoms with Crippen LogP contribution in [0.25, 0.3) is 0 Å². The van der Waals surface area contributed by atoms with E-state index >= 15 is 0 Å². The van der Waals surface area contributed by atoms with Crippen LogP contribution in [0.5, 0.6) is 5.75 Å². The fourth-order valence-corrected chi connectivity index (χ4v) is 6.42. The van der Waals surface area contributed by atoms with Crippen LogP contribution in [0.3, 0.4) is 0 Å². The highest BCUT2D eigenvalue weighted by Crippen LogP contribution is 2.38. The van der Waals surface area contributed by atoms with Gasteiger partial charge in [0.25, 0.3) is 11.8 Å². The maximum Gasteiger partial charge on any atom is 0.255 e. The quantitative estimate of drug-likeness (QED) is 0.519. The third-order valence-corrected chi connectivity index (χ3v) is 9.09. The number of piperidine rings is 2. The van der Waals surface area contributed by atoms with Crippen LogP contribution in [0.15, 0.2) is 42.5 Å². The lowest BCUT2D eigenvalue weighted by molar-refractivity contribution is -0.135. The zero-order valence-corrected chi connectivity index (χ0v) is 24.7. The van der Waals surface area contributed by atoms with E-state index in [0.29, 0.717) is 60.8 Å². The van der Waals surface area contributed by atoms with Gasteiger partial charge >= 0.3 is 0 Å². The molecule has 0 aliphatic carbocycles. The van der Waals surface area contributed by atoms with E-state index in [2.05, 4.69) is 15.5 Å². The summed E-state index contributed by atoms with van der Waals surface area (Å²) in [6, 6.07) is 12.7. The topological polar surface area (TPSA) is 91.0 Å². The number of rotatable bonds is 2. The Morgan fingerprint density at radius 2 is 1.71 bits per heavy atom. The van der Waals surface area contributed by atoms with E-state index in [1.807, 2.05) is 42.2 Å². The van der Waals surface area contributed by atoms with Gasteiger partial charge in [0, 0.05) is 38.4 Å². The molecule has 0 saturated carbocycles. The molecule has 1 spiro atoms. The summed E-state index contributed by atoms with van der Waals surface area (Å²) in [5.41, 5.74) is 1.50. The zero-order chi connectivity index (χ0) is 28.8. The first-order valence-electron chi connectivity index (χ1n) is 15.0. The Balaban J connectivity index is 1.27. The number of hydrogen-bond donors (Lipinski definition) is 2. The van der Waals surface area contributed by atoms with Crippen molar-refractivity contribution in [1.82, 2.24) is 15.5 Å². The highest BCUT2D eigenvalue weighted by molar-refractivity contribution is 6.34. The highest BCUT2D eigenvalue weighted by atomic mass is 35.5. The Morgan fingerprint density at radius 3 is 2.49 bits per heavy atom. The summed E-state index contributed by atoms with van der Waals surface area (Å²) in [5.74, 6) is 0.292. The number of nitrogens with one attached hydrogen (secondary N) is 2. The Bertz CT molecular complexity index is 1250. The van der Waals surface area contributed by atoms with Gasteiger partial charge in [0.1, 0.15) is 12.4 Å². The summed E-state index contributed by atoms with van der Waals surface area (Å²) >= 11 is 6.53. The summed E-state index contributed by atoms with van der Waals surface area (Å²) < 4.78 is 5.96. The minimum absolute atomic E-state index is 0.0141. The lowest BCUT2D eigenvalue weighted by Gasteiger charge is -2.41. The number of amides is 3. The first-order chi connectivity index (χ1) is 19.9. The molecule has 0 radical (unpaired) electrons. The second-order valence-electron chi connectivity index (χ2n) is 11.7. The lowest BCUT2D eigenvalue weighted by atomic mass is 9.73. The molecule has 0 aromatic heterocycles. The van der Waals surface area contributed by atoms with Crippen molar-refractivity contribution in [2.45, 2.75) is 64.3 Å². The van der Waals surface area contributed by atoms with Crippen molar-refractivity contribution in [3.63, 3.8) is 0 Å². The number of fused-ring (bicyclic) bond motifs is 1. The molecule has 2 aromatic rings. The van der Waals surface area contributed by atoms with Crippen molar-refractivity contribution in [3.8, 4) is 5.75 Å². The number of nitrogens with zero attached hydrogens (tertiary/aromatic N) is 2. The van der Waals surface area contributed by atoms with E-state index < -0.39 is 5.41 Å². The van der Waals surface area contributed by atoms with Crippen LogP contribution in [-0.4, -0.2) is 68.0 Å². The minimum atomic E-state index is -0.573. The van der Waals surface area contributed by atoms with E-state index in [9.17, 15) is 14.4 Å². The van der Waals surface area contributed by atoms with Crippen LogP contribution in [0.4, 0.5) is 5.69 Å². The fourth-order valence-electron chi connectivity index (χ4n) is 6.22. The number of carbonyl (C=O) groups excluding carboxylic acids is 3. The third-order valence-electron chi connectivity index (χ3n) is 8.76. The number of ether oxygens (including phenoxy) is 1. The standard InChI is InChI=1S/C32H41ClN4O4/c1-23-22-41-28-10-4-3-9-25(28)29(38)34-16-6-5-13-32(31(40)35-23)14-19-37(20-15-32)30(39)26-21-24(11-12-27(26)33)36-17-7-2-8-18-36/h3-4,9-12,21,23H,2,5-8,13-20,22H2,1H3,(H,34,38)(H,35,40)/t23-/m1/s1. The summed E-state index contributed by atoms with van der Waals surface area (Å²) in [4.78, 5) is 44.3. The van der Waals surface area contributed by atoms with Gasteiger partial charge in [-0.05, 0) is 82.2 Å². The van der Waals surface area contributed by atoms with E-state index in [1.54, 1.807) is 12.1 Å². The molecule has 2 aromatic carbocycles. The minimum Gasteiger partial charge on any atom is -0.491 e. The second kappa shape index (κ2) is 13.1. The maximum atomic E-state index is 13.7. The molecule has 0 unspecified atom stereocenters.